The molecule has 2 aromatic carbocycles. The average Bonchev–Trinajstić information content (AvgIpc) is 2.53. The van der Waals surface area contributed by atoms with Gasteiger partial charge in [-0.05, 0) is 24.6 Å². The molecule has 3 heteroatoms. The molecule has 0 bridgehead atoms. The van der Waals surface area contributed by atoms with Gasteiger partial charge in [0.2, 0.25) is 0 Å². The highest BCUT2D eigenvalue weighted by molar-refractivity contribution is 5.46. The van der Waals surface area contributed by atoms with Gasteiger partial charge in [-0.25, -0.2) is 0 Å². The zero-order chi connectivity index (χ0) is 14.7. The molecule has 1 N–H and O–H groups in total. The Labute approximate surface area is 126 Å². The summed E-state index contributed by atoms with van der Waals surface area (Å²) in [5.41, 5.74) is 3.29. The van der Waals surface area contributed by atoms with Crippen molar-refractivity contribution in [1.82, 2.24) is 4.90 Å². The van der Waals surface area contributed by atoms with Crippen molar-refractivity contribution >= 4 is 5.69 Å². The van der Waals surface area contributed by atoms with Crippen molar-refractivity contribution in [1.29, 1.82) is 0 Å². The van der Waals surface area contributed by atoms with Crippen molar-refractivity contribution in [3.63, 3.8) is 0 Å². The van der Waals surface area contributed by atoms with Gasteiger partial charge in [-0.1, -0.05) is 36.4 Å². The molecule has 0 radical (unpaired) electrons. The Kier molecular flexibility index (Phi) is 4.11. The SMILES string of the molecule is Cc1cccc(CN2CCN(c3ccccc3)CC2)c1O. The van der Waals surface area contributed by atoms with E-state index in [1.54, 1.807) is 0 Å². The Morgan fingerprint density at radius 1 is 0.905 bits per heavy atom. The second kappa shape index (κ2) is 6.19. The van der Waals surface area contributed by atoms with Gasteiger partial charge < -0.3 is 10.0 Å². The smallest absolute Gasteiger partial charge is 0.122 e. The molecule has 0 spiro atoms. The topological polar surface area (TPSA) is 26.7 Å². The van der Waals surface area contributed by atoms with Crippen molar-refractivity contribution in [2.45, 2.75) is 13.5 Å². The minimum atomic E-state index is 0.447. The quantitative estimate of drug-likeness (QED) is 0.937. The second-order valence-electron chi connectivity index (χ2n) is 5.68. The first kappa shape index (κ1) is 14.0. The summed E-state index contributed by atoms with van der Waals surface area (Å²) in [6, 6.07) is 16.6. The van der Waals surface area contributed by atoms with Crippen LogP contribution in [0.15, 0.2) is 48.5 Å². The molecule has 0 atom stereocenters. The number of rotatable bonds is 3. The van der Waals surface area contributed by atoms with Crippen LogP contribution in [0.2, 0.25) is 0 Å². The highest BCUT2D eigenvalue weighted by Gasteiger charge is 2.18. The predicted octanol–water partition coefficient (Wildman–Crippen LogP) is 3.02. The molecular weight excluding hydrogens is 260 g/mol. The Hall–Kier alpha value is -2.00. The van der Waals surface area contributed by atoms with Crippen molar-refractivity contribution in [2.24, 2.45) is 0 Å². The van der Waals surface area contributed by atoms with Gasteiger partial charge in [0, 0.05) is 44.0 Å². The number of nitrogens with zero attached hydrogens (tertiary/aromatic N) is 2. The van der Waals surface area contributed by atoms with Crippen molar-refractivity contribution in [3.05, 3.63) is 59.7 Å². The van der Waals surface area contributed by atoms with Crippen molar-refractivity contribution in [3.8, 4) is 5.75 Å². The maximum absolute atomic E-state index is 10.1. The van der Waals surface area contributed by atoms with E-state index < -0.39 is 0 Å². The summed E-state index contributed by atoms with van der Waals surface area (Å²) in [6.07, 6.45) is 0. The lowest BCUT2D eigenvalue weighted by Crippen LogP contribution is -2.45. The molecule has 0 unspecified atom stereocenters. The molecule has 21 heavy (non-hydrogen) atoms. The van der Waals surface area contributed by atoms with Gasteiger partial charge in [-0.2, -0.15) is 0 Å². The van der Waals surface area contributed by atoms with Gasteiger partial charge in [-0.3, -0.25) is 4.90 Å². The third-order valence-corrected chi connectivity index (χ3v) is 4.21. The number of piperazine rings is 1. The summed E-state index contributed by atoms with van der Waals surface area (Å²) in [5, 5.41) is 10.1. The third-order valence-electron chi connectivity index (χ3n) is 4.21. The van der Waals surface area contributed by atoms with E-state index in [4.69, 9.17) is 0 Å². The number of phenols is 1. The lowest BCUT2D eigenvalue weighted by molar-refractivity contribution is 0.246. The maximum atomic E-state index is 10.1. The monoisotopic (exact) mass is 282 g/mol. The van der Waals surface area contributed by atoms with Crippen LogP contribution in [0, 0.1) is 6.92 Å². The first-order valence-electron chi connectivity index (χ1n) is 7.54. The first-order valence-corrected chi connectivity index (χ1v) is 7.54. The number of aryl methyl sites for hydroxylation is 1. The van der Waals surface area contributed by atoms with Crippen LogP contribution in [0.25, 0.3) is 0 Å². The summed E-state index contributed by atoms with van der Waals surface area (Å²) in [4.78, 5) is 4.83. The fraction of sp³-hybridized carbons (Fsp3) is 0.333. The van der Waals surface area contributed by atoms with Gasteiger partial charge >= 0.3 is 0 Å². The lowest BCUT2D eigenvalue weighted by Gasteiger charge is -2.36. The van der Waals surface area contributed by atoms with Gasteiger partial charge in [0.05, 0.1) is 0 Å². The van der Waals surface area contributed by atoms with Crippen LogP contribution in [0.3, 0.4) is 0 Å². The third kappa shape index (κ3) is 3.19. The second-order valence-corrected chi connectivity index (χ2v) is 5.68. The minimum Gasteiger partial charge on any atom is -0.507 e. The van der Waals surface area contributed by atoms with Crippen LogP contribution in [0.5, 0.6) is 5.75 Å². The molecule has 110 valence electrons. The number of para-hydroxylation sites is 2. The fourth-order valence-electron chi connectivity index (χ4n) is 2.89. The molecule has 1 aliphatic heterocycles. The van der Waals surface area contributed by atoms with E-state index in [9.17, 15) is 5.11 Å². The normalized spacial score (nSPS) is 16.1. The van der Waals surface area contributed by atoms with Gasteiger partial charge in [0.15, 0.2) is 0 Å². The Balaban J connectivity index is 1.60. The Bertz CT molecular complexity index is 589. The molecule has 1 heterocycles. The van der Waals surface area contributed by atoms with E-state index >= 15 is 0 Å². The van der Waals surface area contributed by atoms with Crippen LogP contribution >= 0.6 is 0 Å². The van der Waals surface area contributed by atoms with E-state index in [0.717, 1.165) is 43.9 Å². The molecular formula is C18H22N2O. The minimum absolute atomic E-state index is 0.447. The van der Waals surface area contributed by atoms with E-state index in [-0.39, 0.29) is 0 Å². The highest BCUT2D eigenvalue weighted by Crippen LogP contribution is 2.24. The molecule has 2 aromatic rings. The van der Waals surface area contributed by atoms with Gasteiger partial charge in [0.1, 0.15) is 5.75 Å². The average molecular weight is 282 g/mol. The molecule has 0 aromatic heterocycles. The number of anilines is 1. The maximum Gasteiger partial charge on any atom is 0.122 e. The van der Waals surface area contributed by atoms with Gasteiger partial charge in [-0.15, -0.1) is 0 Å². The van der Waals surface area contributed by atoms with Crippen LogP contribution in [0.4, 0.5) is 5.69 Å². The van der Waals surface area contributed by atoms with Gasteiger partial charge in [0.25, 0.3) is 0 Å². The summed E-state index contributed by atoms with van der Waals surface area (Å²) in [6.45, 7) is 6.92. The predicted molar refractivity (Wildman–Crippen MR) is 86.8 cm³/mol. The zero-order valence-corrected chi connectivity index (χ0v) is 12.5. The molecule has 1 fully saturated rings. The standard InChI is InChI=1S/C18H22N2O/c1-15-6-5-7-16(18(15)21)14-19-10-12-20(13-11-19)17-8-3-2-4-9-17/h2-9,21H,10-14H2,1H3. The number of hydrogen-bond acceptors (Lipinski definition) is 3. The lowest BCUT2D eigenvalue weighted by atomic mass is 10.1. The van der Waals surface area contributed by atoms with E-state index in [0.29, 0.717) is 5.75 Å². The van der Waals surface area contributed by atoms with Crippen LogP contribution in [-0.4, -0.2) is 36.2 Å². The Morgan fingerprint density at radius 2 is 1.62 bits per heavy atom. The highest BCUT2D eigenvalue weighted by atomic mass is 16.3. The number of hydrogen-bond donors (Lipinski definition) is 1. The molecule has 1 aliphatic rings. The number of benzene rings is 2. The first-order chi connectivity index (χ1) is 10.2. The van der Waals surface area contributed by atoms with Crippen LogP contribution in [0.1, 0.15) is 11.1 Å². The van der Waals surface area contributed by atoms with E-state index in [2.05, 4.69) is 40.1 Å². The number of aromatic hydroxyl groups is 1. The largest absolute Gasteiger partial charge is 0.507 e. The molecule has 0 aliphatic carbocycles. The molecule has 3 rings (SSSR count). The summed E-state index contributed by atoms with van der Waals surface area (Å²) in [5.74, 6) is 0.447. The fourth-order valence-corrected chi connectivity index (χ4v) is 2.89. The number of phenolic OH excluding ortho intramolecular Hbond substituents is 1. The Morgan fingerprint density at radius 3 is 2.33 bits per heavy atom. The summed E-state index contributed by atoms with van der Waals surface area (Å²) < 4.78 is 0. The zero-order valence-electron chi connectivity index (χ0n) is 12.5. The molecule has 0 amide bonds. The summed E-state index contributed by atoms with van der Waals surface area (Å²) >= 11 is 0. The molecule has 3 nitrogen and oxygen atoms in total. The van der Waals surface area contributed by atoms with Crippen molar-refractivity contribution < 1.29 is 5.11 Å². The van der Waals surface area contributed by atoms with Crippen LogP contribution < -0.4 is 4.90 Å². The summed E-state index contributed by atoms with van der Waals surface area (Å²) in [7, 11) is 0. The molecule has 1 saturated heterocycles. The van der Waals surface area contributed by atoms with Crippen LogP contribution in [-0.2, 0) is 6.54 Å². The van der Waals surface area contributed by atoms with E-state index in [1.165, 1.54) is 5.69 Å². The van der Waals surface area contributed by atoms with E-state index in [1.807, 2.05) is 25.1 Å². The molecule has 0 saturated carbocycles. The van der Waals surface area contributed by atoms with Crippen molar-refractivity contribution in [2.75, 3.05) is 31.1 Å².